The molecule has 2 aromatic carbocycles. The van der Waals surface area contributed by atoms with Crippen molar-refractivity contribution in [2.45, 2.75) is 31.6 Å². The van der Waals surface area contributed by atoms with Gasteiger partial charge in [-0.3, -0.25) is 9.44 Å². The monoisotopic (exact) mass is 430 g/mol. The van der Waals surface area contributed by atoms with E-state index < -0.39 is 20.0 Å². The Hall–Kier alpha value is -1.77. The maximum Gasteiger partial charge on any atom is 0.261 e. The second-order valence-electron chi connectivity index (χ2n) is 6.75. The Balaban J connectivity index is 2.15. The Morgan fingerprint density at radius 2 is 1.59 bits per heavy atom. The Labute approximate surface area is 166 Å². The van der Waals surface area contributed by atoms with Crippen LogP contribution in [0.2, 0.25) is 5.02 Å². The standard InChI is InChI=1S/C18H23ClN2O4S2/c1-13(2)4-5-14-6-9-16(10-7-14)27(24,25)20-15-8-11-18(17(19)12-15)21-26(3,22)23/h6-13,20-21H,4-5H2,1-3H3. The summed E-state index contributed by atoms with van der Waals surface area (Å²) in [7, 11) is -7.25. The van der Waals surface area contributed by atoms with Crippen molar-refractivity contribution in [3.8, 4) is 0 Å². The summed E-state index contributed by atoms with van der Waals surface area (Å²) in [6, 6.07) is 10.9. The van der Waals surface area contributed by atoms with Crippen LogP contribution in [0.15, 0.2) is 47.4 Å². The van der Waals surface area contributed by atoms with E-state index in [4.69, 9.17) is 11.6 Å². The first-order chi connectivity index (χ1) is 12.5. The molecule has 27 heavy (non-hydrogen) atoms. The zero-order valence-corrected chi connectivity index (χ0v) is 17.7. The second-order valence-corrected chi connectivity index (χ2v) is 10.6. The van der Waals surface area contributed by atoms with E-state index in [2.05, 4.69) is 23.3 Å². The lowest BCUT2D eigenvalue weighted by atomic mass is 10.0. The summed E-state index contributed by atoms with van der Waals surface area (Å²) >= 11 is 6.03. The average Bonchev–Trinajstić information content (AvgIpc) is 2.54. The van der Waals surface area contributed by atoms with Crippen molar-refractivity contribution < 1.29 is 16.8 Å². The highest BCUT2D eigenvalue weighted by Gasteiger charge is 2.15. The summed E-state index contributed by atoms with van der Waals surface area (Å²) in [4.78, 5) is 0.144. The van der Waals surface area contributed by atoms with Crippen LogP contribution in [0, 0.1) is 5.92 Å². The van der Waals surface area contributed by atoms with Gasteiger partial charge in [0, 0.05) is 0 Å². The van der Waals surface area contributed by atoms with Crippen molar-refractivity contribution in [2.75, 3.05) is 15.7 Å². The van der Waals surface area contributed by atoms with Crippen LogP contribution in [0.1, 0.15) is 25.8 Å². The predicted molar refractivity (Wildman–Crippen MR) is 110 cm³/mol. The maximum atomic E-state index is 12.5. The molecule has 0 saturated carbocycles. The molecule has 0 aliphatic rings. The van der Waals surface area contributed by atoms with E-state index in [9.17, 15) is 16.8 Å². The normalized spacial score (nSPS) is 12.2. The van der Waals surface area contributed by atoms with Crippen LogP contribution in [-0.4, -0.2) is 23.1 Å². The summed E-state index contributed by atoms with van der Waals surface area (Å²) in [6.07, 6.45) is 2.94. The number of sulfonamides is 2. The number of hydrogen-bond donors (Lipinski definition) is 2. The first kappa shape index (κ1) is 21.5. The molecule has 0 aliphatic carbocycles. The van der Waals surface area contributed by atoms with Gasteiger partial charge in [0.25, 0.3) is 10.0 Å². The van der Waals surface area contributed by atoms with E-state index in [0.717, 1.165) is 24.7 Å². The summed E-state index contributed by atoms with van der Waals surface area (Å²) in [6.45, 7) is 4.29. The largest absolute Gasteiger partial charge is 0.282 e. The number of halogens is 1. The number of anilines is 2. The zero-order valence-electron chi connectivity index (χ0n) is 15.4. The molecule has 2 N–H and O–H groups in total. The molecule has 0 aromatic heterocycles. The molecule has 2 aromatic rings. The van der Waals surface area contributed by atoms with E-state index in [0.29, 0.717) is 5.92 Å². The molecule has 9 heteroatoms. The van der Waals surface area contributed by atoms with E-state index in [1.54, 1.807) is 12.1 Å². The third-order valence-electron chi connectivity index (χ3n) is 3.76. The van der Waals surface area contributed by atoms with Crippen molar-refractivity contribution in [3.05, 3.63) is 53.1 Å². The number of aryl methyl sites for hydroxylation is 1. The highest BCUT2D eigenvalue weighted by Crippen LogP contribution is 2.27. The number of benzene rings is 2. The Morgan fingerprint density at radius 1 is 0.963 bits per heavy atom. The molecule has 0 spiro atoms. The molecule has 0 saturated heterocycles. The molecule has 6 nitrogen and oxygen atoms in total. The van der Waals surface area contributed by atoms with Crippen LogP contribution >= 0.6 is 11.6 Å². The summed E-state index contributed by atoms with van der Waals surface area (Å²) in [5.74, 6) is 0.583. The minimum absolute atomic E-state index is 0.0876. The van der Waals surface area contributed by atoms with Gasteiger partial charge in [-0.2, -0.15) is 0 Å². The molecule has 0 radical (unpaired) electrons. The van der Waals surface area contributed by atoms with E-state index in [1.807, 2.05) is 12.1 Å². The predicted octanol–water partition coefficient (Wildman–Crippen LogP) is 4.10. The van der Waals surface area contributed by atoms with Crippen LogP contribution in [0.3, 0.4) is 0 Å². The third kappa shape index (κ3) is 6.71. The van der Waals surface area contributed by atoms with Gasteiger partial charge in [0.05, 0.1) is 27.5 Å². The molecule has 0 bridgehead atoms. The summed E-state index contributed by atoms with van der Waals surface area (Å²) < 4.78 is 52.3. The Kier molecular flexibility index (Phi) is 6.77. The molecule has 0 atom stereocenters. The summed E-state index contributed by atoms with van der Waals surface area (Å²) in [5, 5.41) is 0.0876. The van der Waals surface area contributed by atoms with Crippen molar-refractivity contribution in [1.82, 2.24) is 0 Å². The van der Waals surface area contributed by atoms with Gasteiger partial charge in [0.1, 0.15) is 0 Å². The van der Waals surface area contributed by atoms with Gasteiger partial charge >= 0.3 is 0 Å². The lowest BCUT2D eigenvalue weighted by Gasteiger charge is -2.12. The van der Waals surface area contributed by atoms with Gasteiger partial charge in [-0.05, 0) is 54.7 Å². The fourth-order valence-corrected chi connectivity index (χ4v) is 4.28. The lowest BCUT2D eigenvalue weighted by Crippen LogP contribution is -2.13. The minimum Gasteiger partial charge on any atom is -0.282 e. The molecule has 0 heterocycles. The van der Waals surface area contributed by atoms with E-state index in [1.165, 1.54) is 18.2 Å². The molecule has 148 valence electrons. The fraction of sp³-hybridized carbons (Fsp3) is 0.333. The third-order valence-corrected chi connectivity index (χ3v) is 6.06. The maximum absolute atomic E-state index is 12.5. The second kappa shape index (κ2) is 8.50. The molecule has 0 unspecified atom stereocenters. The molecular formula is C18H23ClN2O4S2. The molecule has 0 amide bonds. The lowest BCUT2D eigenvalue weighted by molar-refractivity contribution is 0.586. The van der Waals surface area contributed by atoms with Gasteiger partial charge in [-0.1, -0.05) is 37.6 Å². The van der Waals surface area contributed by atoms with Gasteiger partial charge < -0.3 is 0 Å². The van der Waals surface area contributed by atoms with Crippen LogP contribution in [0.4, 0.5) is 11.4 Å². The van der Waals surface area contributed by atoms with Crippen molar-refractivity contribution >= 4 is 43.0 Å². The van der Waals surface area contributed by atoms with E-state index >= 15 is 0 Å². The van der Waals surface area contributed by atoms with Crippen LogP contribution in [-0.2, 0) is 26.5 Å². The smallest absolute Gasteiger partial charge is 0.261 e. The number of nitrogens with one attached hydrogen (secondary N) is 2. The van der Waals surface area contributed by atoms with Gasteiger partial charge in [0.2, 0.25) is 10.0 Å². The van der Waals surface area contributed by atoms with Crippen LogP contribution in [0.5, 0.6) is 0 Å². The van der Waals surface area contributed by atoms with Crippen molar-refractivity contribution in [1.29, 1.82) is 0 Å². The topological polar surface area (TPSA) is 92.3 Å². The van der Waals surface area contributed by atoms with Gasteiger partial charge in [-0.15, -0.1) is 0 Å². The van der Waals surface area contributed by atoms with Gasteiger partial charge in [-0.25, -0.2) is 16.8 Å². The molecule has 0 aliphatic heterocycles. The van der Waals surface area contributed by atoms with E-state index in [-0.39, 0.29) is 21.3 Å². The minimum atomic E-state index is -3.77. The highest BCUT2D eigenvalue weighted by atomic mass is 35.5. The van der Waals surface area contributed by atoms with Gasteiger partial charge in [0.15, 0.2) is 0 Å². The Morgan fingerprint density at radius 3 is 2.11 bits per heavy atom. The van der Waals surface area contributed by atoms with Crippen molar-refractivity contribution in [2.24, 2.45) is 5.92 Å². The Bertz CT molecular complexity index is 1000. The average molecular weight is 431 g/mol. The molecule has 2 rings (SSSR count). The first-order valence-electron chi connectivity index (χ1n) is 8.35. The zero-order chi connectivity index (χ0) is 20.2. The highest BCUT2D eigenvalue weighted by molar-refractivity contribution is 7.92. The fourth-order valence-electron chi connectivity index (χ4n) is 2.37. The summed E-state index contributed by atoms with van der Waals surface area (Å²) in [5.41, 5.74) is 1.50. The quantitative estimate of drug-likeness (QED) is 0.659. The molecule has 0 fully saturated rings. The number of hydrogen-bond acceptors (Lipinski definition) is 4. The van der Waals surface area contributed by atoms with Crippen LogP contribution in [0.25, 0.3) is 0 Å². The first-order valence-corrected chi connectivity index (χ1v) is 12.1. The van der Waals surface area contributed by atoms with Crippen LogP contribution < -0.4 is 9.44 Å². The molecular weight excluding hydrogens is 408 g/mol. The SMILES string of the molecule is CC(C)CCc1ccc(S(=O)(=O)Nc2ccc(NS(C)(=O)=O)c(Cl)c2)cc1. The number of rotatable bonds is 8. The van der Waals surface area contributed by atoms with Crippen molar-refractivity contribution in [3.63, 3.8) is 0 Å².